The first-order chi connectivity index (χ1) is 18.2. The highest BCUT2D eigenvalue weighted by atomic mass is 32.2. The van der Waals surface area contributed by atoms with E-state index in [1.807, 2.05) is 40.9 Å². The Morgan fingerprint density at radius 3 is 2.42 bits per heavy atom. The van der Waals surface area contributed by atoms with Crippen LogP contribution in [0.15, 0.2) is 42.9 Å². The molecule has 0 saturated carbocycles. The lowest BCUT2D eigenvalue weighted by molar-refractivity contribution is 0.378. The van der Waals surface area contributed by atoms with Crippen molar-refractivity contribution in [3.63, 3.8) is 0 Å². The number of methoxy groups -OCH3 is 2. The molecule has 11 nitrogen and oxygen atoms in total. The van der Waals surface area contributed by atoms with E-state index in [1.165, 1.54) is 17.7 Å². The highest BCUT2D eigenvalue weighted by Gasteiger charge is 2.26. The van der Waals surface area contributed by atoms with Crippen molar-refractivity contribution in [2.75, 3.05) is 56.9 Å². The van der Waals surface area contributed by atoms with Crippen LogP contribution in [-0.4, -0.2) is 78.9 Å². The second-order valence-corrected chi connectivity index (χ2v) is 10.9. The van der Waals surface area contributed by atoms with Gasteiger partial charge in [0.05, 0.1) is 38.0 Å². The fourth-order valence-corrected chi connectivity index (χ4v) is 5.35. The molecular weight excluding hydrogens is 513 g/mol. The molecule has 0 atom stereocenters. The van der Waals surface area contributed by atoms with Crippen molar-refractivity contribution in [2.24, 2.45) is 7.05 Å². The second kappa shape index (κ2) is 10.1. The summed E-state index contributed by atoms with van der Waals surface area (Å²) in [7, 11) is 1.75. The van der Waals surface area contributed by atoms with E-state index in [0.29, 0.717) is 48.9 Å². The minimum Gasteiger partial charge on any atom is -0.494 e. The fraction of sp³-hybridized carbons (Fsp3) is 0.320. The lowest BCUT2D eigenvalue weighted by atomic mass is 10.1. The van der Waals surface area contributed by atoms with Gasteiger partial charge < -0.3 is 24.3 Å². The molecule has 13 heteroatoms. The number of sulfonamides is 1. The molecule has 5 rings (SSSR count). The van der Waals surface area contributed by atoms with Gasteiger partial charge in [-0.15, -0.1) is 0 Å². The van der Waals surface area contributed by atoms with Crippen LogP contribution in [0.3, 0.4) is 0 Å². The number of pyridine rings is 1. The first-order valence-electron chi connectivity index (χ1n) is 11.8. The number of hydrogen-bond donors (Lipinski definition) is 1. The van der Waals surface area contributed by atoms with Crippen LogP contribution in [-0.2, 0) is 17.1 Å². The van der Waals surface area contributed by atoms with Gasteiger partial charge in [-0.3, -0.25) is 0 Å². The average Bonchev–Trinajstić information content (AvgIpc) is 3.28. The van der Waals surface area contributed by atoms with E-state index in [1.54, 1.807) is 19.4 Å². The van der Waals surface area contributed by atoms with Crippen LogP contribution in [0.4, 0.5) is 21.7 Å². The Labute approximate surface area is 219 Å². The Balaban J connectivity index is 1.43. The van der Waals surface area contributed by atoms with Gasteiger partial charge >= 0.3 is 0 Å². The molecule has 1 aliphatic heterocycles. The van der Waals surface area contributed by atoms with Crippen LogP contribution >= 0.6 is 0 Å². The molecule has 4 heterocycles. The number of aromatic nitrogens is 4. The lowest BCUT2D eigenvalue weighted by Crippen LogP contribution is -2.48. The van der Waals surface area contributed by atoms with Gasteiger partial charge in [0, 0.05) is 68.7 Å². The maximum atomic E-state index is 14.7. The molecular formula is C25H28FN7O4S. The summed E-state index contributed by atoms with van der Waals surface area (Å²) < 4.78 is 53.1. The molecule has 1 aliphatic rings. The summed E-state index contributed by atoms with van der Waals surface area (Å²) in [6.45, 7) is 1.76. The third-order valence-electron chi connectivity index (χ3n) is 6.52. The molecule has 0 spiro atoms. The highest BCUT2D eigenvalue weighted by molar-refractivity contribution is 7.88. The number of hydrogen-bond acceptors (Lipinski definition) is 9. The molecule has 3 aromatic heterocycles. The van der Waals surface area contributed by atoms with Gasteiger partial charge in [-0.2, -0.15) is 4.31 Å². The average molecular weight is 542 g/mol. The predicted molar refractivity (Wildman–Crippen MR) is 143 cm³/mol. The third kappa shape index (κ3) is 4.94. The molecule has 200 valence electrons. The standard InChI is InChI=1S/C25H28FN7O4S/c1-31-6-5-16-11-17(14-27-24(16)31)23-18(26)15-28-25(30-23)29-19-12-22(37-3)20(13-21(19)36-2)32-7-9-33(10-8-32)38(4,34)35/h5-6,11-15H,7-10H2,1-4H3,(H,28,29,30). The predicted octanol–water partition coefficient (Wildman–Crippen LogP) is 3.01. The Morgan fingerprint density at radius 2 is 1.74 bits per heavy atom. The number of benzene rings is 1. The molecule has 0 radical (unpaired) electrons. The first-order valence-corrected chi connectivity index (χ1v) is 13.7. The van der Waals surface area contributed by atoms with Crippen LogP contribution in [0.2, 0.25) is 0 Å². The van der Waals surface area contributed by atoms with Crippen LogP contribution in [0.5, 0.6) is 11.5 Å². The quantitative estimate of drug-likeness (QED) is 0.377. The van der Waals surface area contributed by atoms with E-state index in [4.69, 9.17) is 9.47 Å². The number of anilines is 3. The van der Waals surface area contributed by atoms with Crippen molar-refractivity contribution >= 4 is 38.4 Å². The maximum absolute atomic E-state index is 14.7. The fourth-order valence-electron chi connectivity index (χ4n) is 4.52. The normalized spacial score (nSPS) is 14.6. The summed E-state index contributed by atoms with van der Waals surface area (Å²) >= 11 is 0. The zero-order valence-corrected chi connectivity index (χ0v) is 22.3. The molecule has 1 fully saturated rings. The minimum absolute atomic E-state index is 0.118. The van der Waals surface area contributed by atoms with Crippen LogP contribution in [0, 0.1) is 5.82 Å². The van der Waals surface area contributed by atoms with Crippen molar-refractivity contribution in [3.05, 3.63) is 48.7 Å². The number of aryl methyl sites for hydroxylation is 1. The molecule has 1 saturated heterocycles. The van der Waals surface area contributed by atoms with Gasteiger partial charge in [-0.1, -0.05) is 0 Å². The number of nitrogens with zero attached hydrogens (tertiary/aromatic N) is 6. The molecule has 0 amide bonds. The van der Waals surface area contributed by atoms with E-state index < -0.39 is 15.8 Å². The van der Waals surface area contributed by atoms with Gasteiger partial charge in [0.25, 0.3) is 0 Å². The zero-order chi connectivity index (χ0) is 27.0. The monoisotopic (exact) mass is 541 g/mol. The lowest BCUT2D eigenvalue weighted by Gasteiger charge is -2.35. The van der Waals surface area contributed by atoms with Crippen molar-refractivity contribution in [3.8, 4) is 22.8 Å². The number of nitrogens with one attached hydrogen (secondary N) is 1. The number of halogens is 1. The summed E-state index contributed by atoms with van der Waals surface area (Å²) in [4.78, 5) is 15.0. The molecule has 38 heavy (non-hydrogen) atoms. The van der Waals surface area contributed by atoms with Crippen molar-refractivity contribution in [2.45, 2.75) is 0 Å². The van der Waals surface area contributed by atoms with Gasteiger partial charge in [0.15, 0.2) is 5.82 Å². The van der Waals surface area contributed by atoms with Crippen LogP contribution < -0.4 is 19.7 Å². The number of rotatable bonds is 7. The molecule has 4 aromatic rings. The summed E-state index contributed by atoms with van der Waals surface area (Å²) in [5.74, 6) is 0.653. The molecule has 1 aromatic carbocycles. The second-order valence-electron chi connectivity index (χ2n) is 8.95. The number of piperazine rings is 1. The molecule has 0 aliphatic carbocycles. The SMILES string of the molecule is COc1cc(N2CCN(S(C)(=O)=O)CC2)c(OC)cc1Nc1ncc(F)c(-c2cnc3c(ccn3C)c2)n1. The Hall–Kier alpha value is -3.97. The van der Waals surface area contributed by atoms with Gasteiger partial charge in [0.1, 0.15) is 22.8 Å². The summed E-state index contributed by atoms with van der Waals surface area (Å²) in [5.41, 5.74) is 2.73. The largest absolute Gasteiger partial charge is 0.494 e. The smallest absolute Gasteiger partial charge is 0.228 e. The van der Waals surface area contributed by atoms with Crippen molar-refractivity contribution in [1.29, 1.82) is 0 Å². The van der Waals surface area contributed by atoms with E-state index in [-0.39, 0.29) is 11.6 Å². The summed E-state index contributed by atoms with van der Waals surface area (Å²) in [5, 5.41) is 3.98. The van der Waals surface area contributed by atoms with Crippen LogP contribution in [0.25, 0.3) is 22.3 Å². The van der Waals surface area contributed by atoms with Gasteiger partial charge in [-0.25, -0.2) is 27.8 Å². The first kappa shape index (κ1) is 25.7. The Bertz CT molecular complexity index is 1600. The minimum atomic E-state index is -3.24. The van der Waals surface area contributed by atoms with Crippen molar-refractivity contribution in [1.82, 2.24) is 23.8 Å². The molecule has 0 unspecified atom stereocenters. The number of fused-ring (bicyclic) bond motifs is 1. The summed E-state index contributed by atoms with van der Waals surface area (Å²) in [6, 6.07) is 7.30. The number of ether oxygens (including phenoxy) is 2. The topological polar surface area (TPSA) is 115 Å². The van der Waals surface area contributed by atoms with Crippen molar-refractivity contribution < 1.29 is 22.3 Å². The Morgan fingerprint density at radius 1 is 1.00 bits per heavy atom. The Kier molecular flexibility index (Phi) is 6.80. The third-order valence-corrected chi connectivity index (χ3v) is 7.82. The van der Waals surface area contributed by atoms with E-state index in [0.717, 1.165) is 22.9 Å². The van der Waals surface area contributed by atoms with E-state index in [2.05, 4.69) is 20.3 Å². The molecule has 1 N–H and O–H groups in total. The van der Waals surface area contributed by atoms with E-state index in [9.17, 15) is 12.8 Å². The maximum Gasteiger partial charge on any atom is 0.228 e. The van der Waals surface area contributed by atoms with Crippen LogP contribution in [0.1, 0.15) is 0 Å². The van der Waals surface area contributed by atoms with E-state index >= 15 is 0 Å². The zero-order valence-electron chi connectivity index (χ0n) is 21.5. The summed E-state index contributed by atoms with van der Waals surface area (Å²) in [6.07, 6.45) is 5.80. The van der Waals surface area contributed by atoms with Gasteiger partial charge in [-0.05, 0) is 12.1 Å². The van der Waals surface area contributed by atoms with Gasteiger partial charge in [0.2, 0.25) is 16.0 Å². The molecule has 0 bridgehead atoms. The highest BCUT2D eigenvalue weighted by Crippen LogP contribution is 2.40.